The quantitative estimate of drug-likeness (QED) is 0.127. The number of amides is 5. The van der Waals surface area contributed by atoms with Crippen LogP contribution < -0.4 is 26.6 Å². The Hall–Kier alpha value is -3.22. The summed E-state index contributed by atoms with van der Waals surface area (Å²) in [5, 5.41) is 13.4. The van der Waals surface area contributed by atoms with Crippen molar-refractivity contribution in [2.24, 2.45) is 22.7 Å². The molecular formula is C31H54N6O6S. The van der Waals surface area contributed by atoms with Gasteiger partial charge in [-0.1, -0.05) is 47.6 Å². The van der Waals surface area contributed by atoms with Crippen LogP contribution in [0.25, 0.3) is 0 Å². The highest BCUT2D eigenvalue weighted by Crippen LogP contribution is 2.11. The first-order valence-electron chi connectivity index (χ1n) is 15.2. The Morgan fingerprint density at radius 3 is 1.84 bits per heavy atom. The highest BCUT2D eigenvalue weighted by atomic mass is 32.2. The van der Waals surface area contributed by atoms with Crippen molar-refractivity contribution >= 4 is 53.3 Å². The molecule has 0 radical (unpaired) electrons. The molecule has 12 nitrogen and oxygen atoms in total. The van der Waals surface area contributed by atoms with Crippen LogP contribution in [0.3, 0.4) is 0 Å². The number of nitrogens with one attached hydrogen (secondary N) is 5. The highest BCUT2D eigenvalue weighted by Gasteiger charge is 2.30. The van der Waals surface area contributed by atoms with Gasteiger partial charge in [0.05, 0.1) is 12.6 Å². The summed E-state index contributed by atoms with van der Waals surface area (Å²) in [6.45, 7) is 15.3. The number of thioether (sulfide) groups is 1. The van der Waals surface area contributed by atoms with Gasteiger partial charge in [0.15, 0.2) is 5.78 Å². The van der Waals surface area contributed by atoms with Crippen molar-refractivity contribution in [2.75, 3.05) is 18.6 Å². The van der Waals surface area contributed by atoms with Gasteiger partial charge in [-0.2, -0.15) is 11.8 Å². The number of carbonyl (C=O) groups is 6. The Kier molecular flexibility index (Phi) is 19.9. The lowest BCUT2D eigenvalue weighted by Crippen LogP contribution is -2.57. The molecule has 5 N–H and O–H groups in total. The van der Waals surface area contributed by atoms with E-state index in [4.69, 9.17) is 0 Å². The molecule has 4 unspecified atom stereocenters. The lowest BCUT2D eigenvalue weighted by Gasteiger charge is -2.26. The monoisotopic (exact) mass is 638 g/mol. The molecule has 0 heterocycles. The van der Waals surface area contributed by atoms with E-state index >= 15 is 0 Å². The van der Waals surface area contributed by atoms with E-state index in [1.165, 1.54) is 6.92 Å². The van der Waals surface area contributed by atoms with Gasteiger partial charge in [0.25, 0.3) is 0 Å². The third-order valence-electron chi connectivity index (χ3n) is 6.65. The number of allylic oxidation sites excluding steroid dienone is 1. The van der Waals surface area contributed by atoms with Crippen LogP contribution in [0.2, 0.25) is 0 Å². The zero-order valence-electron chi connectivity index (χ0n) is 28.0. The Labute approximate surface area is 267 Å². The maximum atomic E-state index is 13.6. The molecule has 0 spiro atoms. The second kappa shape index (κ2) is 21.5. The van der Waals surface area contributed by atoms with Crippen molar-refractivity contribution in [1.29, 1.82) is 0 Å². The minimum atomic E-state index is -1.11. The van der Waals surface area contributed by atoms with Crippen LogP contribution in [-0.4, -0.2) is 84.3 Å². The minimum Gasteiger partial charge on any atom is -0.345 e. The predicted molar refractivity (Wildman–Crippen MR) is 176 cm³/mol. The van der Waals surface area contributed by atoms with Gasteiger partial charge in [-0.15, -0.1) is 0 Å². The molecule has 0 aliphatic carbocycles. The summed E-state index contributed by atoms with van der Waals surface area (Å²) in [6, 6.07) is -3.57. The van der Waals surface area contributed by atoms with Crippen molar-refractivity contribution in [3.05, 3.63) is 11.8 Å². The topological polar surface area (TPSA) is 175 Å². The number of rotatable bonds is 20. The zero-order chi connectivity index (χ0) is 34.0. The Bertz CT molecular complexity index is 1040. The predicted octanol–water partition coefficient (Wildman–Crippen LogP) is 2.13. The summed E-state index contributed by atoms with van der Waals surface area (Å²) >= 11 is 1.56. The third-order valence-corrected chi connectivity index (χ3v) is 7.29. The van der Waals surface area contributed by atoms with Gasteiger partial charge < -0.3 is 26.6 Å². The molecule has 44 heavy (non-hydrogen) atoms. The van der Waals surface area contributed by atoms with E-state index in [-0.39, 0.29) is 35.9 Å². The standard InChI is InChI=1S/C31H54N6O6S/c1-11-22(32-12-2)16-25(34-26(39)17-33-31(43)27(19(5)6)37-28(40)20(7)8)30(42)36-24(15-18(3)4)29(41)35-23(21(9)38)13-14-44-10/h11-12,18-20,23-25,27H,13-17H2,1-10H3,(H,33,43)(H,34,39)(H,35,41)(H,36,42)(H,37,40)/b22-11-,32-12?. The van der Waals surface area contributed by atoms with Gasteiger partial charge in [0.1, 0.15) is 18.1 Å². The van der Waals surface area contributed by atoms with Gasteiger partial charge >= 0.3 is 0 Å². The number of nitrogens with zero attached hydrogens (tertiary/aromatic N) is 1. The molecule has 0 aliphatic rings. The molecule has 4 atom stereocenters. The van der Waals surface area contributed by atoms with E-state index in [2.05, 4.69) is 31.6 Å². The number of ketones is 1. The summed E-state index contributed by atoms with van der Waals surface area (Å²) < 4.78 is 0. The van der Waals surface area contributed by atoms with Crippen LogP contribution in [0.4, 0.5) is 0 Å². The molecule has 0 aliphatic heterocycles. The second-order valence-electron chi connectivity index (χ2n) is 11.7. The normalized spacial score (nSPS) is 14.6. The first kappa shape index (κ1) is 40.8. The number of aliphatic imine (C=N–C) groups is 1. The Morgan fingerprint density at radius 1 is 0.773 bits per heavy atom. The highest BCUT2D eigenvalue weighted by molar-refractivity contribution is 7.98. The maximum absolute atomic E-state index is 13.6. The molecular weight excluding hydrogens is 584 g/mol. The number of carbonyl (C=O) groups excluding carboxylic acids is 6. The second-order valence-corrected chi connectivity index (χ2v) is 12.7. The first-order valence-corrected chi connectivity index (χ1v) is 16.6. The average molecular weight is 639 g/mol. The van der Waals surface area contributed by atoms with Crippen LogP contribution in [0.1, 0.15) is 81.6 Å². The van der Waals surface area contributed by atoms with Crippen LogP contribution in [-0.2, 0) is 28.8 Å². The van der Waals surface area contributed by atoms with Gasteiger partial charge in [-0.25, -0.2) is 0 Å². The SMILES string of the molecule is CC=N/C(=C\C)CC(NC(=O)CNC(=O)C(NC(=O)C(C)C)C(C)C)C(=O)NC(CC(C)C)C(=O)NC(CCSC)C(C)=O. The van der Waals surface area contributed by atoms with Crippen LogP contribution in [0.5, 0.6) is 0 Å². The number of hydrogen-bond donors (Lipinski definition) is 5. The number of Topliss-reactive ketones (excluding diaryl/α,β-unsaturated/α-hetero) is 1. The van der Waals surface area contributed by atoms with Crippen molar-refractivity contribution in [1.82, 2.24) is 26.6 Å². The molecule has 250 valence electrons. The minimum absolute atomic E-state index is 0.0330. The van der Waals surface area contributed by atoms with Crippen molar-refractivity contribution < 1.29 is 28.8 Å². The fraction of sp³-hybridized carbons (Fsp3) is 0.710. The average Bonchev–Trinajstić information content (AvgIpc) is 2.94. The molecule has 0 aromatic rings. The van der Waals surface area contributed by atoms with Gasteiger partial charge in [0.2, 0.25) is 29.5 Å². The first-order chi connectivity index (χ1) is 20.6. The van der Waals surface area contributed by atoms with Gasteiger partial charge in [-0.3, -0.25) is 33.8 Å². The lowest BCUT2D eigenvalue weighted by atomic mass is 10.0. The van der Waals surface area contributed by atoms with Gasteiger partial charge in [-0.05, 0) is 57.5 Å². The summed E-state index contributed by atoms with van der Waals surface area (Å²) in [7, 11) is 0. The smallest absolute Gasteiger partial charge is 0.243 e. The van der Waals surface area contributed by atoms with Crippen molar-refractivity contribution in [3.8, 4) is 0 Å². The lowest BCUT2D eigenvalue weighted by molar-refractivity contribution is -0.134. The number of hydrogen-bond acceptors (Lipinski definition) is 8. The fourth-order valence-corrected chi connectivity index (χ4v) is 4.54. The van der Waals surface area contributed by atoms with E-state index < -0.39 is 54.3 Å². The molecule has 0 saturated heterocycles. The molecule has 0 rings (SSSR count). The van der Waals surface area contributed by atoms with Crippen molar-refractivity contribution in [2.45, 2.75) is 106 Å². The summed E-state index contributed by atoms with van der Waals surface area (Å²) in [5.41, 5.74) is 0.534. The van der Waals surface area contributed by atoms with E-state index in [0.717, 1.165) is 0 Å². The molecule has 5 amide bonds. The summed E-state index contributed by atoms with van der Waals surface area (Å²) in [4.78, 5) is 81.1. The van der Waals surface area contributed by atoms with Gasteiger partial charge in [0, 0.05) is 24.3 Å². The molecule has 0 saturated carbocycles. The van der Waals surface area contributed by atoms with Crippen LogP contribution in [0, 0.1) is 17.8 Å². The van der Waals surface area contributed by atoms with E-state index in [9.17, 15) is 28.8 Å². The zero-order valence-corrected chi connectivity index (χ0v) is 28.9. The summed E-state index contributed by atoms with van der Waals surface area (Å²) in [5.74, 6) is -2.52. The molecule has 0 bridgehead atoms. The molecule has 13 heteroatoms. The molecule has 0 aromatic carbocycles. The maximum Gasteiger partial charge on any atom is 0.243 e. The molecule has 0 fully saturated rings. The molecule has 0 aromatic heterocycles. The van der Waals surface area contributed by atoms with E-state index in [1.807, 2.05) is 20.1 Å². The largest absolute Gasteiger partial charge is 0.345 e. The van der Waals surface area contributed by atoms with E-state index in [0.29, 0.717) is 24.3 Å². The Balaban J connectivity index is 5.85. The summed E-state index contributed by atoms with van der Waals surface area (Å²) in [6.07, 6.45) is 5.99. The Morgan fingerprint density at radius 2 is 1.36 bits per heavy atom. The van der Waals surface area contributed by atoms with Crippen molar-refractivity contribution in [3.63, 3.8) is 0 Å². The van der Waals surface area contributed by atoms with E-state index in [1.54, 1.807) is 65.6 Å². The third kappa shape index (κ3) is 16.0. The fourth-order valence-electron chi connectivity index (χ4n) is 4.07. The van der Waals surface area contributed by atoms with Crippen LogP contribution >= 0.6 is 11.8 Å². The van der Waals surface area contributed by atoms with Crippen LogP contribution in [0.15, 0.2) is 16.8 Å².